The summed E-state index contributed by atoms with van der Waals surface area (Å²) in [5.41, 5.74) is 3.42. The largest absolute Gasteiger partial charge is 0.358 e. The van der Waals surface area contributed by atoms with Crippen LogP contribution < -0.4 is 0 Å². The number of benzene rings is 1. The van der Waals surface area contributed by atoms with E-state index in [1.54, 1.807) is 0 Å². The normalized spacial score (nSPS) is 32.8. The summed E-state index contributed by atoms with van der Waals surface area (Å²) in [6.45, 7) is 8.58. The average Bonchev–Trinajstić information content (AvgIpc) is 2.81. The molecule has 3 aliphatic carbocycles. The molecule has 4 heteroatoms. The van der Waals surface area contributed by atoms with E-state index < -0.39 is 11.6 Å². The first-order valence-corrected chi connectivity index (χ1v) is 8.79. The van der Waals surface area contributed by atoms with Crippen LogP contribution >= 0.6 is 0 Å². The SMILES string of the molecule is CC1(C)CC2(CC(C)(C)c3ccccc32)C2=CC(O)(O)C(O)(O)C=C21. The van der Waals surface area contributed by atoms with Gasteiger partial charge in [-0.05, 0) is 58.1 Å². The molecule has 25 heavy (non-hydrogen) atoms. The molecule has 1 fully saturated rings. The third kappa shape index (κ3) is 2.02. The number of allylic oxidation sites excluding steroid dienone is 2. The molecule has 1 atom stereocenters. The predicted octanol–water partition coefficient (Wildman–Crippen LogP) is 2.26. The molecule has 0 amide bonds. The highest BCUT2D eigenvalue weighted by molar-refractivity contribution is 5.63. The summed E-state index contributed by atoms with van der Waals surface area (Å²) in [4.78, 5) is 0. The van der Waals surface area contributed by atoms with Gasteiger partial charge in [0.15, 0.2) is 0 Å². The van der Waals surface area contributed by atoms with Gasteiger partial charge in [0, 0.05) is 5.41 Å². The van der Waals surface area contributed by atoms with Crippen molar-refractivity contribution in [3.05, 3.63) is 58.7 Å². The summed E-state index contributed by atoms with van der Waals surface area (Å²) in [5.74, 6) is -5.40. The summed E-state index contributed by atoms with van der Waals surface area (Å²) in [7, 11) is 0. The zero-order chi connectivity index (χ0) is 18.5. The van der Waals surface area contributed by atoms with Crippen molar-refractivity contribution in [1.82, 2.24) is 0 Å². The van der Waals surface area contributed by atoms with Crippen molar-refractivity contribution in [2.75, 3.05) is 0 Å². The van der Waals surface area contributed by atoms with Gasteiger partial charge in [0.1, 0.15) is 0 Å². The Morgan fingerprint density at radius 1 is 0.680 bits per heavy atom. The number of hydrogen-bond acceptors (Lipinski definition) is 4. The molecule has 0 aliphatic heterocycles. The van der Waals surface area contributed by atoms with Gasteiger partial charge < -0.3 is 20.4 Å². The minimum atomic E-state index is -2.71. The van der Waals surface area contributed by atoms with Gasteiger partial charge in [-0.15, -0.1) is 0 Å². The maximum atomic E-state index is 10.3. The quantitative estimate of drug-likeness (QED) is 0.545. The van der Waals surface area contributed by atoms with E-state index in [-0.39, 0.29) is 16.2 Å². The van der Waals surface area contributed by atoms with Crippen LogP contribution in [0.15, 0.2) is 47.6 Å². The van der Waals surface area contributed by atoms with Crippen molar-refractivity contribution in [2.45, 2.75) is 62.9 Å². The number of hydrogen-bond donors (Lipinski definition) is 4. The molecule has 134 valence electrons. The van der Waals surface area contributed by atoms with Gasteiger partial charge in [-0.2, -0.15) is 0 Å². The summed E-state index contributed by atoms with van der Waals surface area (Å²) >= 11 is 0. The highest BCUT2D eigenvalue weighted by atomic mass is 16.6. The molecule has 1 aromatic carbocycles. The van der Waals surface area contributed by atoms with E-state index in [9.17, 15) is 20.4 Å². The Morgan fingerprint density at radius 3 is 1.76 bits per heavy atom. The van der Waals surface area contributed by atoms with Crippen molar-refractivity contribution in [2.24, 2.45) is 5.41 Å². The third-order valence-electron chi connectivity index (χ3n) is 6.43. The van der Waals surface area contributed by atoms with Crippen molar-refractivity contribution < 1.29 is 20.4 Å². The summed E-state index contributed by atoms with van der Waals surface area (Å²) in [6.07, 6.45) is 4.14. The number of fused-ring (bicyclic) bond motifs is 4. The van der Waals surface area contributed by atoms with E-state index in [1.165, 1.54) is 23.3 Å². The molecule has 0 radical (unpaired) electrons. The average molecular weight is 342 g/mol. The van der Waals surface area contributed by atoms with Crippen LogP contribution in [0, 0.1) is 5.41 Å². The van der Waals surface area contributed by atoms with E-state index >= 15 is 0 Å². The molecule has 1 saturated carbocycles. The lowest BCUT2D eigenvalue weighted by molar-refractivity contribution is -0.309. The lowest BCUT2D eigenvalue weighted by atomic mass is 9.72. The molecule has 4 N–H and O–H groups in total. The highest BCUT2D eigenvalue weighted by Crippen LogP contribution is 2.66. The van der Waals surface area contributed by atoms with Gasteiger partial charge in [-0.25, -0.2) is 0 Å². The first-order chi connectivity index (χ1) is 11.3. The molecule has 0 saturated heterocycles. The van der Waals surface area contributed by atoms with E-state index in [1.807, 2.05) is 12.1 Å². The number of rotatable bonds is 0. The van der Waals surface area contributed by atoms with E-state index in [0.717, 1.165) is 24.0 Å². The maximum absolute atomic E-state index is 10.3. The Hall–Kier alpha value is -1.46. The Morgan fingerprint density at radius 2 is 1.16 bits per heavy atom. The maximum Gasteiger partial charge on any atom is 0.243 e. The Kier molecular flexibility index (Phi) is 3.01. The first-order valence-electron chi connectivity index (χ1n) is 8.79. The van der Waals surface area contributed by atoms with Crippen LogP contribution in [0.1, 0.15) is 51.7 Å². The van der Waals surface area contributed by atoms with Crippen LogP contribution in [0.3, 0.4) is 0 Å². The molecule has 4 rings (SSSR count). The van der Waals surface area contributed by atoms with Crippen LogP contribution in [-0.2, 0) is 10.8 Å². The highest BCUT2D eigenvalue weighted by Gasteiger charge is 2.62. The standard InChI is InChI=1S/C21H26O4/c1-17(2)11-19(14-8-6-5-7-13(14)17)12-18(3,4)15-9-20(22,23)21(24,25)10-16(15)19/h5-10,22-25H,11-12H2,1-4H3. The minimum Gasteiger partial charge on any atom is -0.358 e. The molecule has 1 aromatic rings. The van der Waals surface area contributed by atoms with E-state index in [0.29, 0.717) is 0 Å². The Labute approximate surface area is 148 Å². The molecule has 1 unspecified atom stereocenters. The van der Waals surface area contributed by atoms with Crippen LogP contribution in [0.25, 0.3) is 0 Å². The smallest absolute Gasteiger partial charge is 0.243 e. The first kappa shape index (κ1) is 17.0. The van der Waals surface area contributed by atoms with Gasteiger partial charge >= 0.3 is 0 Å². The fourth-order valence-electron chi connectivity index (χ4n) is 5.50. The van der Waals surface area contributed by atoms with Crippen LogP contribution in [0.2, 0.25) is 0 Å². The van der Waals surface area contributed by atoms with E-state index in [4.69, 9.17) is 0 Å². The fourth-order valence-corrected chi connectivity index (χ4v) is 5.50. The molecular weight excluding hydrogens is 316 g/mol. The van der Waals surface area contributed by atoms with Crippen molar-refractivity contribution in [1.29, 1.82) is 0 Å². The molecule has 0 heterocycles. The Bertz CT molecular complexity index is 826. The summed E-state index contributed by atoms with van der Waals surface area (Å²) in [5, 5.41) is 40.8. The van der Waals surface area contributed by atoms with Gasteiger partial charge in [-0.1, -0.05) is 52.0 Å². The molecule has 1 spiro atoms. The third-order valence-corrected chi connectivity index (χ3v) is 6.43. The summed E-state index contributed by atoms with van der Waals surface area (Å²) in [6, 6.07) is 8.34. The predicted molar refractivity (Wildman–Crippen MR) is 94.7 cm³/mol. The van der Waals surface area contributed by atoms with Gasteiger partial charge in [0.25, 0.3) is 0 Å². The van der Waals surface area contributed by atoms with Crippen LogP contribution in [-0.4, -0.2) is 32.0 Å². The molecule has 0 aromatic heterocycles. The van der Waals surface area contributed by atoms with Gasteiger partial charge in [0.05, 0.1) is 0 Å². The van der Waals surface area contributed by atoms with Crippen molar-refractivity contribution in [3.63, 3.8) is 0 Å². The molecule has 0 bridgehead atoms. The second-order valence-corrected chi connectivity index (χ2v) is 9.32. The van der Waals surface area contributed by atoms with Crippen LogP contribution in [0.4, 0.5) is 0 Å². The topological polar surface area (TPSA) is 80.9 Å². The minimum absolute atomic E-state index is 0.0382. The zero-order valence-electron chi connectivity index (χ0n) is 15.2. The second kappa shape index (κ2) is 4.44. The molecule has 4 nitrogen and oxygen atoms in total. The molecular formula is C21H26O4. The Balaban J connectivity index is 2.01. The van der Waals surface area contributed by atoms with Crippen molar-refractivity contribution in [3.8, 4) is 0 Å². The number of aliphatic hydroxyl groups is 4. The van der Waals surface area contributed by atoms with Gasteiger partial charge in [-0.3, -0.25) is 0 Å². The van der Waals surface area contributed by atoms with Crippen molar-refractivity contribution >= 4 is 0 Å². The zero-order valence-corrected chi connectivity index (χ0v) is 15.2. The fraction of sp³-hybridized carbons (Fsp3) is 0.524. The van der Waals surface area contributed by atoms with Crippen LogP contribution in [0.5, 0.6) is 0 Å². The van der Waals surface area contributed by atoms with E-state index in [2.05, 4.69) is 39.8 Å². The summed E-state index contributed by atoms with van der Waals surface area (Å²) < 4.78 is 0. The lowest BCUT2D eigenvalue weighted by Crippen LogP contribution is -2.54. The molecule has 3 aliphatic rings. The van der Waals surface area contributed by atoms with Gasteiger partial charge in [0.2, 0.25) is 11.6 Å². The second-order valence-electron chi connectivity index (χ2n) is 9.32. The lowest BCUT2D eigenvalue weighted by Gasteiger charge is -2.38. The monoisotopic (exact) mass is 342 g/mol.